The van der Waals surface area contributed by atoms with Gasteiger partial charge >= 0.3 is 5.97 Å². The van der Waals surface area contributed by atoms with E-state index in [0.717, 1.165) is 18.4 Å². The normalized spacial score (nSPS) is 22.4. The third kappa shape index (κ3) is 4.85. The van der Waals surface area contributed by atoms with Gasteiger partial charge in [-0.3, -0.25) is 4.79 Å². The molecule has 1 saturated carbocycles. The lowest BCUT2D eigenvalue weighted by Gasteiger charge is -2.29. The number of amides is 1. The molecule has 1 saturated heterocycles. The molecule has 142 valence electrons. The predicted molar refractivity (Wildman–Crippen MR) is 98.2 cm³/mol. The second-order valence-corrected chi connectivity index (χ2v) is 7.49. The van der Waals surface area contributed by atoms with Crippen molar-refractivity contribution in [3.05, 3.63) is 35.9 Å². The molecule has 1 heterocycles. The van der Waals surface area contributed by atoms with E-state index in [2.05, 4.69) is 0 Å². The van der Waals surface area contributed by atoms with E-state index in [1.165, 1.54) is 19.3 Å². The van der Waals surface area contributed by atoms with Gasteiger partial charge in [-0.15, -0.1) is 0 Å². The van der Waals surface area contributed by atoms with Crippen LogP contribution in [-0.2, 0) is 20.9 Å². The molecule has 1 aliphatic heterocycles. The van der Waals surface area contributed by atoms with Crippen molar-refractivity contribution >= 4 is 11.9 Å². The monoisotopic (exact) mass is 359 g/mol. The minimum absolute atomic E-state index is 0.0116. The number of aliphatic hydroxyl groups excluding tert-OH is 1. The third-order valence-electron chi connectivity index (χ3n) is 5.68. The molecule has 1 aromatic carbocycles. The maximum atomic E-state index is 12.4. The number of carbonyl (C=O) groups is 2. The fourth-order valence-electron chi connectivity index (χ4n) is 4.11. The van der Waals surface area contributed by atoms with Crippen molar-refractivity contribution in [1.29, 1.82) is 0 Å². The molecule has 2 atom stereocenters. The smallest absolute Gasteiger partial charge is 0.329 e. The van der Waals surface area contributed by atoms with Gasteiger partial charge in [-0.2, -0.15) is 0 Å². The van der Waals surface area contributed by atoms with E-state index in [1.807, 2.05) is 30.3 Å². The quantitative estimate of drug-likeness (QED) is 0.760. The van der Waals surface area contributed by atoms with Crippen molar-refractivity contribution in [2.45, 2.75) is 70.1 Å². The number of rotatable bonds is 7. The Labute approximate surface area is 155 Å². The summed E-state index contributed by atoms with van der Waals surface area (Å²) in [7, 11) is 0. The van der Waals surface area contributed by atoms with Gasteiger partial charge in [-0.05, 0) is 37.2 Å². The standard InChI is InChI=1S/C21H29NO4/c23-19(17-9-5-2-6-10-17)13-14-22-18(11-12-20(22)24)21(25)26-15-16-7-3-1-4-8-16/h1,3-4,7-8,17-19,23H,2,5-6,9-15H2/t18-,19?/m1/s1. The number of benzene rings is 1. The van der Waals surface area contributed by atoms with Crippen LogP contribution in [0, 0.1) is 5.92 Å². The zero-order valence-electron chi connectivity index (χ0n) is 15.3. The minimum Gasteiger partial charge on any atom is -0.459 e. The summed E-state index contributed by atoms with van der Waals surface area (Å²) < 4.78 is 5.42. The van der Waals surface area contributed by atoms with E-state index >= 15 is 0 Å². The Bertz CT molecular complexity index is 597. The molecule has 1 aliphatic carbocycles. The molecule has 5 nitrogen and oxygen atoms in total. The van der Waals surface area contributed by atoms with E-state index in [4.69, 9.17) is 4.74 Å². The van der Waals surface area contributed by atoms with Crippen LogP contribution in [0.4, 0.5) is 0 Å². The molecular weight excluding hydrogens is 330 g/mol. The van der Waals surface area contributed by atoms with Crippen LogP contribution in [0.2, 0.25) is 0 Å². The van der Waals surface area contributed by atoms with Crippen LogP contribution in [-0.4, -0.2) is 40.6 Å². The Morgan fingerprint density at radius 2 is 1.88 bits per heavy atom. The first kappa shape index (κ1) is 18.9. The fourth-order valence-corrected chi connectivity index (χ4v) is 4.11. The topological polar surface area (TPSA) is 66.8 Å². The Morgan fingerprint density at radius 1 is 1.15 bits per heavy atom. The highest BCUT2D eigenvalue weighted by atomic mass is 16.5. The van der Waals surface area contributed by atoms with Gasteiger partial charge in [0.05, 0.1) is 6.10 Å². The van der Waals surface area contributed by atoms with Crippen LogP contribution in [0.5, 0.6) is 0 Å². The Morgan fingerprint density at radius 3 is 2.62 bits per heavy atom. The SMILES string of the molecule is O=C(OCc1ccccc1)[C@H]1CCC(=O)N1CCC(O)C1CCCCC1. The molecule has 26 heavy (non-hydrogen) atoms. The first-order valence-corrected chi connectivity index (χ1v) is 9.83. The lowest BCUT2D eigenvalue weighted by Crippen LogP contribution is -2.41. The lowest BCUT2D eigenvalue weighted by molar-refractivity contribution is -0.153. The van der Waals surface area contributed by atoms with E-state index < -0.39 is 6.04 Å². The van der Waals surface area contributed by atoms with Crippen molar-refractivity contribution in [3.63, 3.8) is 0 Å². The second-order valence-electron chi connectivity index (χ2n) is 7.49. The lowest BCUT2D eigenvalue weighted by atomic mass is 9.84. The molecule has 1 unspecified atom stereocenters. The van der Waals surface area contributed by atoms with E-state index in [-0.39, 0.29) is 24.6 Å². The summed E-state index contributed by atoms with van der Waals surface area (Å²) in [5, 5.41) is 10.4. The van der Waals surface area contributed by atoms with Gasteiger partial charge in [0.15, 0.2) is 0 Å². The summed E-state index contributed by atoms with van der Waals surface area (Å²) in [6.45, 7) is 0.657. The number of hydrogen-bond donors (Lipinski definition) is 1. The molecule has 1 aromatic rings. The molecule has 0 spiro atoms. The number of aliphatic hydroxyl groups is 1. The largest absolute Gasteiger partial charge is 0.459 e. The number of carbonyl (C=O) groups excluding carboxylic acids is 2. The van der Waals surface area contributed by atoms with Crippen LogP contribution >= 0.6 is 0 Å². The van der Waals surface area contributed by atoms with Crippen LogP contribution in [0.1, 0.15) is 56.9 Å². The highest BCUT2D eigenvalue weighted by Crippen LogP contribution is 2.29. The van der Waals surface area contributed by atoms with Crippen LogP contribution in [0.3, 0.4) is 0 Å². The minimum atomic E-state index is -0.509. The molecular formula is C21H29NO4. The van der Waals surface area contributed by atoms with Crippen molar-refractivity contribution in [1.82, 2.24) is 4.90 Å². The fraction of sp³-hybridized carbons (Fsp3) is 0.619. The maximum Gasteiger partial charge on any atom is 0.329 e. The molecule has 3 rings (SSSR count). The highest BCUT2D eigenvalue weighted by molar-refractivity contribution is 5.88. The molecule has 1 amide bonds. The average molecular weight is 359 g/mol. The van der Waals surface area contributed by atoms with Gasteiger partial charge in [0, 0.05) is 13.0 Å². The first-order chi connectivity index (χ1) is 12.6. The summed E-state index contributed by atoms with van der Waals surface area (Å²) >= 11 is 0. The van der Waals surface area contributed by atoms with Crippen molar-refractivity contribution in [2.75, 3.05) is 6.54 Å². The predicted octanol–water partition coefficient (Wildman–Crippen LogP) is 3.05. The number of nitrogens with zero attached hydrogens (tertiary/aromatic N) is 1. The van der Waals surface area contributed by atoms with E-state index in [1.54, 1.807) is 4.90 Å². The van der Waals surface area contributed by atoms with Crippen molar-refractivity contribution in [3.8, 4) is 0 Å². The van der Waals surface area contributed by atoms with Gasteiger partial charge in [-0.25, -0.2) is 4.79 Å². The summed E-state index contributed by atoms with van der Waals surface area (Å²) in [6.07, 6.45) is 6.79. The highest BCUT2D eigenvalue weighted by Gasteiger charge is 2.37. The number of ether oxygens (including phenoxy) is 1. The van der Waals surface area contributed by atoms with E-state index in [9.17, 15) is 14.7 Å². The average Bonchev–Trinajstić information content (AvgIpc) is 3.06. The van der Waals surface area contributed by atoms with Crippen LogP contribution in [0.25, 0.3) is 0 Å². The molecule has 0 bridgehead atoms. The molecule has 2 fully saturated rings. The number of hydrogen-bond acceptors (Lipinski definition) is 4. The van der Waals surface area contributed by atoms with Gasteiger partial charge in [-0.1, -0.05) is 49.6 Å². The summed E-state index contributed by atoms with van der Waals surface area (Å²) in [5.41, 5.74) is 0.935. The molecule has 5 heteroatoms. The van der Waals surface area contributed by atoms with Crippen molar-refractivity contribution < 1.29 is 19.4 Å². The van der Waals surface area contributed by atoms with Crippen LogP contribution in [0.15, 0.2) is 30.3 Å². The van der Waals surface area contributed by atoms with Gasteiger partial charge in [0.2, 0.25) is 5.91 Å². The third-order valence-corrected chi connectivity index (χ3v) is 5.68. The zero-order valence-corrected chi connectivity index (χ0v) is 15.3. The Balaban J connectivity index is 1.50. The summed E-state index contributed by atoms with van der Waals surface area (Å²) in [5.74, 6) is -0.0145. The first-order valence-electron chi connectivity index (χ1n) is 9.83. The van der Waals surface area contributed by atoms with Crippen molar-refractivity contribution in [2.24, 2.45) is 5.92 Å². The molecule has 1 N–H and O–H groups in total. The van der Waals surface area contributed by atoms with Crippen LogP contribution < -0.4 is 0 Å². The van der Waals surface area contributed by atoms with Gasteiger partial charge < -0.3 is 14.7 Å². The van der Waals surface area contributed by atoms with Gasteiger partial charge in [0.1, 0.15) is 12.6 Å². The van der Waals surface area contributed by atoms with Gasteiger partial charge in [0.25, 0.3) is 0 Å². The maximum absolute atomic E-state index is 12.4. The molecule has 0 radical (unpaired) electrons. The number of likely N-dealkylation sites (tertiary alicyclic amines) is 1. The van der Waals surface area contributed by atoms with E-state index in [0.29, 0.717) is 31.7 Å². The summed E-state index contributed by atoms with van der Waals surface area (Å²) in [4.78, 5) is 26.2. The summed E-state index contributed by atoms with van der Waals surface area (Å²) in [6, 6.07) is 9.03. The molecule has 2 aliphatic rings. The number of esters is 1. The molecule has 0 aromatic heterocycles. The Kier molecular flexibility index (Phi) is 6.67. The zero-order chi connectivity index (χ0) is 18.4. The Hall–Kier alpha value is -1.88. The second kappa shape index (κ2) is 9.17.